The molecule has 0 bridgehead atoms. The summed E-state index contributed by atoms with van der Waals surface area (Å²) in [7, 11) is 1.60. The number of halogens is 1. The van der Waals surface area contributed by atoms with Gasteiger partial charge in [0.05, 0.1) is 18.0 Å². The fraction of sp³-hybridized carbons (Fsp3) is 0.400. The summed E-state index contributed by atoms with van der Waals surface area (Å²) >= 11 is 3.35. The first kappa shape index (κ1) is 9.80. The molecule has 0 saturated heterocycles. The molecule has 1 N–H and O–H groups in total. The minimum atomic E-state index is -0.533. The average molecular weight is 259 g/mol. The molecule has 2 atom stereocenters. The van der Waals surface area contributed by atoms with Crippen LogP contribution in [0.2, 0.25) is 0 Å². The quantitative estimate of drug-likeness (QED) is 0.782. The van der Waals surface area contributed by atoms with E-state index in [4.69, 9.17) is 9.47 Å². The molecule has 0 fully saturated rings. The number of hydrogen-bond donors (Lipinski definition) is 1. The van der Waals surface area contributed by atoms with Crippen LogP contribution in [0.1, 0.15) is 11.7 Å². The highest BCUT2D eigenvalue weighted by molar-refractivity contribution is 9.09. The van der Waals surface area contributed by atoms with Gasteiger partial charge in [0.2, 0.25) is 0 Å². The molecular formula is C10H11BrO3. The van der Waals surface area contributed by atoms with Crippen molar-refractivity contribution >= 4 is 15.9 Å². The Hall–Kier alpha value is -0.740. The third kappa shape index (κ3) is 1.60. The van der Waals surface area contributed by atoms with E-state index in [1.165, 1.54) is 0 Å². The fourth-order valence-electron chi connectivity index (χ4n) is 1.47. The lowest BCUT2D eigenvalue weighted by atomic mass is 10.0. The monoisotopic (exact) mass is 258 g/mol. The van der Waals surface area contributed by atoms with Crippen molar-refractivity contribution in [3.8, 4) is 11.5 Å². The molecule has 0 spiro atoms. The number of aliphatic hydroxyl groups excluding tert-OH is 1. The topological polar surface area (TPSA) is 38.7 Å². The van der Waals surface area contributed by atoms with Gasteiger partial charge in [-0.15, -0.1) is 0 Å². The summed E-state index contributed by atoms with van der Waals surface area (Å²) in [5.74, 6) is 1.46. The molecule has 0 radical (unpaired) electrons. The van der Waals surface area contributed by atoms with Gasteiger partial charge in [-0.3, -0.25) is 0 Å². The molecule has 0 aliphatic carbocycles. The number of methoxy groups -OCH3 is 1. The van der Waals surface area contributed by atoms with E-state index in [0.717, 1.165) is 17.1 Å². The first-order chi connectivity index (χ1) is 6.72. The van der Waals surface area contributed by atoms with Crippen LogP contribution < -0.4 is 9.47 Å². The number of ether oxygens (including phenoxy) is 2. The maximum absolute atomic E-state index is 9.87. The largest absolute Gasteiger partial charge is 0.497 e. The van der Waals surface area contributed by atoms with Gasteiger partial charge in [-0.1, -0.05) is 15.9 Å². The van der Waals surface area contributed by atoms with E-state index in [0.29, 0.717) is 6.61 Å². The summed E-state index contributed by atoms with van der Waals surface area (Å²) in [6.07, 6.45) is -0.533. The van der Waals surface area contributed by atoms with Crippen LogP contribution in [-0.2, 0) is 0 Å². The maximum atomic E-state index is 9.87. The number of alkyl halides is 1. The molecule has 1 aromatic carbocycles. The third-order valence-corrected chi connectivity index (χ3v) is 3.04. The Bertz CT molecular complexity index is 340. The molecule has 1 aromatic rings. The zero-order chi connectivity index (χ0) is 10.1. The normalized spacial score (nSPS) is 25.1. The van der Waals surface area contributed by atoms with Crippen LogP contribution in [0.15, 0.2) is 18.2 Å². The highest BCUT2D eigenvalue weighted by Crippen LogP contribution is 2.37. The SMILES string of the molecule is COc1ccc2c(c1)[C@@H](O)[C@H](Br)CO2. The first-order valence-corrected chi connectivity index (χ1v) is 5.27. The van der Waals surface area contributed by atoms with Crippen LogP contribution in [0.5, 0.6) is 11.5 Å². The molecule has 0 amide bonds. The van der Waals surface area contributed by atoms with E-state index in [9.17, 15) is 5.11 Å². The van der Waals surface area contributed by atoms with Crippen molar-refractivity contribution in [1.29, 1.82) is 0 Å². The van der Waals surface area contributed by atoms with Gasteiger partial charge in [0.1, 0.15) is 18.1 Å². The molecule has 3 nitrogen and oxygen atoms in total. The molecule has 4 heteroatoms. The van der Waals surface area contributed by atoms with E-state index in [1.54, 1.807) is 13.2 Å². The smallest absolute Gasteiger partial charge is 0.125 e. The van der Waals surface area contributed by atoms with E-state index in [2.05, 4.69) is 15.9 Å². The van der Waals surface area contributed by atoms with Crippen molar-refractivity contribution in [2.45, 2.75) is 10.9 Å². The van der Waals surface area contributed by atoms with Gasteiger partial charge >= 0.3 is 0 Å². The Morgan fingerprint density at radius 2 is 2.36 bits per heavy atom. The van der Waals surface area contributed by atoms with Gasteiger partial charge in [0.15, 0.2) is 0 Å². The van der Waals surface area contributed by atoms with Crippen molar-refractivity contribution in [3.63, 3.8) is 0 Å². The van der Waals surface area contributed by atoms with Crippen LogP contribution in [0.4, 0.5) is 0 Å². The number of fused-ring (bicyclic) bond motifs is 1. The highest BCUT2D eigenvalue weighted by atomic mass is 79.9. The van der Waals surface area contributed by atoms with Gasteiger partial charge in [0, 0.05) is 5.56 Å². The predicted molar refractivity (Wildman–Crippen MR) is 56.2 cm³/mol. The molecule has 0 aromatic heterocycles. The lowest BCUT2D eigenvalue weighted by Crippen LogP contribution is -2.25. The van der Waals surface area contributed by atoms with Crippen molar-refractivity contribution < 1.29 is 14.6 Å². The number of hydrogen-bond acceptors (Lipinski definition) is 3. The van der Waals surface area contributed by atoms with Crippen LogP contribution in [0.25, 0.3) is 0 Å². The second kappa shape index (κ2) is 3.79. The molecular weight excluding hydrogens is 248 g/mol. The van der Waals surface area contributed by atoms with E-state index in [-0.39, 0.29) is 4.83 Å². The van der Waals surface area contributed by atoms with E-state index in [1.807, 2.05) is 12.1 Å². The molecule has 2 rings (SSSR count). The van der Waals surface area contributed by atoms with Crippen LogP contribution in [-0.4, -0.2) is 23.7 Å². The van der Waals surface area contributed by atoms with Gasteiger partial charge in [-0.25, -0.2) is 0 Å². The Kier molecular flexibility index (Phi) is 2.65. The van der Waals surface area contributed by atoms with Crippen LogP contribution in [0, 0.1) is 0 Å². The van der Waals surface area contributed by atoms with Gasteiger partial charge in [-0.05, 0) is 18.2 Å². The van der Waals surface area contributed by atoms with Gasteiger partial charge in [-0.2, -0.15) is 0 Å². The second-order valence-electron chi connectivity index (χ2n) is 3.18. The molecule has 14 heavy (non-hydrogen) atoms. The van der Waals surface area contributed by atoms with Crippen molar-refractivity contribution in [3.05, 3.63) is 23.8 Å². The minimum Gasteiger partial charge on any atom is -0.497 e. The summed E-state index contributed by atoms with van der Waals surface area (Å²) < 4.78 is 10.5. The summed E-state index contributed by atoms with van der Waals surface area (Å²) in [5.41, 5.74) is 0.775. The number of aliphatic hydroxyl groups is 1. The van der Waals surface area contributed by atoms with Crippen molar-refractivity contribution in [1.82, 2.24) is 0 Å². The molecule has 0 saturated carbocycles. The fourth-order valence-corrected chi connectivity index (χ4v) is 1.89. The number of rotatable bonds is 1. The summed E-state index contributed by atoms with van der Waals surface area (Å²) in [6, 6.07) is 5.43. The first-order valence-electron chi connectivity index (χ1n) is 4.35. The molecule has 1 aliphatic rings. The van der Waals surface area contributed by atoms with Crippen molar-refractivity contribution in [2.75, 3.05) is 13.7 Å². The number of benzene rings is 1. The standard InChI is InChI=1S/C10H11BrO3/c1-13-6-2-3-9-7(4-6)10(12)8(11)5-14-9/h2-4,8,10,12H,5H2,1H3/t8-,10-/m1/s1. The predicted octanol–water partition coefficient (Wildman–Crippen LogP) is 1.88. The van der Waals surface area contributed by atoms with E-state index < -0.39 is 6.10 Å². The zero-order valence-corrected chi connectivity index (χ0v) is 9.32. The van der Waals surface area contributed by atoms with Crippen LogP contribution >= 0.6 is 15.9 Å². The molecule has 1 aliphatic heterocycles. The Morgan fingerprint density at radius 1 is 1.57 bits per heavy atom. The van der Waals surface area contributed by atoms with E-state index >= 15 is 0 Å². The Labute approximate surface area is 90.8 Å². The summed E-state index contributed by atoms with van der Waals surface area (Å²) in [6.45, 7) is 0.487. The zero-order valence-electron chi connectivity index (χ0n) is 7.74. The van der Waals surface area contributed by atoms with Crippen LogP contribution in [0.3, 0.4) is 0 Å². The maximum Gasteiger partial charge on any atom is 0.125 e. The summed E-state index contributed by atoms with van der Waals surface area (Å²) in [5, 5.41) is 9.87. The molecule has 0 unspecified atom stereocenters. The van der Waals surface area contributed by atoms with Gasteiger partial charge < -0.3 is 14.6 Å². The van der Waals surface area contributed by atoms with Crippen molar-refractivity contribution in [2.24, 2.45) is 0 Å². The average Bonchev–Trinajstić information content (AvgIpc) is 2.23. The Morgan fingerprint density at radius 3 is 3.07 bits per heavy atom. The lowest BCUT2D eigenvalue weighted by molar-refractivity contribution is 0.125. The summed E-state index contributed by atoms with van der Waals surface area (Å²) in [4.78, 5) is -0.0536. The van der Waals surface area contributed by atoms with Gasteiger partial charge in [0.25, 0.3) is 0 Å². The lowest BCUT2D eigenvalue weighted by Gasteiger charge is -2.26. The third-order valence-electron chi connectivity index (χ3n) is 2.28. The molecule has 76 valence electrons. The Balaban J connectivity index is 2.41. The highest BCUT2D eigenvalue weighted by Gasteiger charge is 2.27. The second-order valence-corrected chi connectivity index (χ2v) is 4.35. The molecule has 1 heterocycles. The minimum absolute atomic E-state index is 0.0536.